The fourth-order valence-corrected chi connectivity index (χ4v) is 4.14. The Balaban J connectivity index is 1.92. The molecule has 0 aliphatic heterocycles. The summed E-state index contributed by atoms with van der Waals surface area (Å²) in [6, 6.07) is 12.8. The summed E-state index contributed by atoms with van der Waals surface area (Å²) < 4.78 is 58.9. The van der Waals surface area contributed by atoms with E-state index in [9.17, 15) is 13.2 Å². The Kier molecular flexibility index (Phi) is 9.13. The van der Waals surface area contributed by atoms with E-state index in [1.165, 1.54) is 52.7 Å². The third kappa shape index (κ3) is 6.91. The molecule has 0 saturated carbocycles. The number of carbonyl (C=O) groups is 1. The number of carbonyl (C=O) groups excluding carboxylic acids is 1. The standard InChI is InChI=1S/C26H30N2O9S/c1-32-19-8-10-21(33-2)17(11-19)15-37-22-14-18(7-9-20(22)28-38(6,30)31)27-26(29)16-12-23(34-3)25(36-5)24(13-16)35-4/h7-14,28H,15H2,1-6H3,(H,27,29). The first-order chi connectivity index (χ1) is 18.1. The van der Waals surface area contributed by atoms with Crippen molar-refractivity contribution in [3.63, 3.8) is 0 Å². The molecule has 0 saturated heterocycles. The predicted octanol–water partition coefficient (Wildman–Crippen LogP) is 3.93. The maximum atomic E-state index is 13.1. The Morgan fingerprint density at radius 3 is 1.97 bits per heavy atom. The Morgan fingerprint density at radius 2 is 1.42 bits per heavy atom. The van der Waals surface area contributed by atoms with Crippen LogP contribution in [0.3, 0.4) is 0 Å². The lowest BCUT2D eigenvalue weighted by Crippen LogP contribution is -2.14. The van der Waals surface area contributed by atoms with Crippen molar-refractivity contribution in [3.8, 4) is 34.5 Å². The average molecular weight is 547 g/mol. The third-order valence-electron chi connectivity index (χ3n) is 5.33. The summed E-state index contributed by atoms with van der Waals surface area (Å²) in [7, 11) is 3.83. The van der Waals surface area contributed by atoms with Gasteiger partial charge in [-0.3, -0.25) is 9.52 Å². The third-order valence-corrected chi connectivity index (χ3v) is 5.92. The first-order valence-electron chi connectivity index (χ1n) is 11.2. The van der Waals surface area contributed by atoms with Crippen molar-refractivity contribution < 1.29 is 41.6 Å². The van der Waals surface area contributed by atoms with Gasteiger partial charge in [0.2, 0.25) is 15.8 Å². The zero-order chi connectivity index (χ0) is 27.9. The zero-order valence-corrected chi connectivity index (χ0v) is 22.7. The molecule has 0 radical (unpaired) electrons. The molecule has 0 unspecified atom stereocenters. The minimum atomic E-state index is -3.61. The van der Waals surface area contributed by atoms with Crippen molar-refractivity contribution in [2.24, 2.45) is 0 Å². The van der Waals surface area contributed by atoms with Crippen LogP contribution in [-0.2, 0) is 16.6 Å². The number of nitrogens with one attached hydrogen (secondary N) is 2. The lowest BCUT2D eigenvalue weighted by Gasteiger charge is -2.17. The van der Waals surface area contributed by atoms with E-state index >= 15 is 0 Å². The molecule has 0 atom stereocenters. The second-order valence-electron chi connectivity index (χ2n) is 7.92. The number of methoxy groups -OCH3 is 5. The van der Waals surface area contributed by atoms with Crippen LogP contribution in [0.15, 0.2) is 48.5 Å². The number of rotatable bonds is 12. The van der Waals surface area contributed by atoms with Crippen molar-refractivity contribution in [1.29, 1.82) is 0 Å². The van der Waals surface area contributed by atoms with Gasteiger partial charge in [-0.15, -0.1) is 0 Å². The predicted molar refractivity (Wildman–Crippen MR) is 143 cm³/mol. The molecule has 0 bridgehead atoms. The first-order valence-corrected chi connectivity index (χ1v) is 13.1. The van der Waals surface area contributed by atoms with Crippen molar-refractivity contribution >= 4 is 27.3 Å². The molecule has 0 spiro atoms. The molecule has 0 heterocycles. The lowest BCUT2D eigenvalue weighted by atomic mass is 10.1. The van der Waals surface area contributed by atoms with Crippen molar-refractivity contribution in [1.82, 2.24) is 0 Å². The van der Waals surface area contributed by atoms with Crippen LogP contribution in [0.25, 0.3) is 0 Å². The van der Waals surface area contributed by atoms with Gasteiger partial charge < -0.3 is 33.7 Å². The summed E-state index contributed by atoms with van der Waals surface area (Å²) in [6.07, 6.45) is 1.03. The molecule has 3 aromatic rings. The molecular weight excluding hydrogens is 516 g/mol. The Hall–Kier alpha value is -4.32. The van der Waals surface area contributed by atoms with Gasteiger partial charge >= 0.3 is 0 Å². The summed E-state index contributed by atoms with van der Waals surface area (Å²) in [5.74, 6) is 1.88. The van der Waals surface area contributed by atoms with Crippen molar-refractivity contribution in [3.05, 3.63) is 59.7 Å². The van der Waals surface area contributed by atoms with E-state index < -0.39 is 15.9 Å². The van der Waals surface area contributed by atoms with Gasteiger partial charge in [0, 0.05) is 22.9 Å². The molecule has 1 amide bonds. The monoisotopic (exact) mass is 546 g/mol. The molecule has 0 aromatic heterocycles. The highest BCUT2D eigenvalue weighted by molar-refractivity contribution is 7.92. The SMILES string of the molecule is COc1ccc(OC)c(COc2cc(NC(=O)c3cc(OC)c(OC)c(OC)c3)ccc2NS(C)(=O)=O)c1. The minimum Gasteiger partial charge on any atom is -0.497 e. The minimum absolute atomic E-state index is 0.0308. The highest BCUT2D eigenvalue weighted by Gasteiger charge is 2.18. The smallest absolute Gasteiger partial charge is 0.255 e. The molecule has 0 aliphatic rings. The van der Waals surface area contributed by atoms with Gasteiger partial charge in [0.25, 0.3) is 5.91 Å². The van der Waals surface area contributed by atoms with E-state index in [1.54, 1.807) is 31.4 Å². The molecule has 3 rings (SSSR count). The summed E-state index contributed by atoms with van der Waals surface area (Å²) in [6.45, 7) is 0.0308. The molecule has 2 N–H and O–H groups in total. The normalized spacial score (nSPS) is 10.8. The van der Waals surface area contributed by atoms with E-state index in [-0.39, 0.29) is 23.6 Å². The Morgan fingerprint density at radius 1 is 0.763 bits per heavy atom. The molecule has 12 heteroatoms. The lowest BCUT2D eigenvalue weighted by molar-refractivity contribution is 0.102. The van der Waals surface area contributed by atoms with Gasteiger partial charge in [-0.05, 0) is 42.5 Å². The molecule has 0 aliphatic carbocycles. The molecule has 38 heavy (non-hydrogen) atoms. The topological polar surface area (TPSA) is 131 Å². The van der Waals surface area contributed by atoms with Gasteiger partial charge in [-0.1, -0.05) is 0 Å². The van der Waals surface area contributed by atoms with E-state index in [0.29, 0.717) is 40.0 Å². The summed E-state index contributed by atoms with van der Waals surface area (Å²) >= 11 is 0. The van der Waals surface area contributed by atoms with E-state index in [0.717, 1.165) is 6.26 Å². The highest BCUT2D eigenvalue weighted by Crippen LogP contribution is 2.38. The van der Waals surface area contributed by atoms with Crippen LogP contribution >= 0.6 is 0 Å². The number of amides is 1. The average Bonchev–Trinajstić information content (AvgIpc) is 2.90. The first kappa shape index (κ1) is 28.3. The molecule has 0 fully saturated rings. The van der Waals surface area contributed by atoms with Crippen LogP contribution in [0.4, 0.5) is 11.4 Å². The van der Waals surface area contributed by atoms with Gasteiger partial charge in [0.15, 0.2) is 11.5 Å². The largest absolute Gasteiger partial charge is 0.497 e. The van der Waals surface area contributed by atoms with Crippen LogP contribution in [0, 0.1) is 0 Å². The second kappa shape index (κ2) is 12.3. The molecule has 3 aromatic carbocycles. The van der Waals surface area contributed by atoms with Crippen LogP contribution in [0.2, 0.25) is 0 Å². The summed E-state index contributed by atoms with van der Waals surface area (Å²) in [4.78, 5) is 13.1. The number of sulfonamides is 1. The molecule has 204 valence electrons. The van der Waals surface area contributed by atoms with Gasteiger partial charge in [0.05, 0.1) is 47.5 Å². The van der Waals surface area contributed by atoms with Gasteiger partial charge in [-0.25, -0.2) is 8.42 Å². The van der Waals surface area contributed by atoms with E-state index in [1.807, 2.05) is 0 Å². The fourth-order valence-electron chi connectivity index (χ4n) is 3.57. The zero-order valence-electron chi connectivity index (χ0n) is 21.9. The number of hydrogen-bond donors (Lipinski definition) is 2. The Labute approximate surface area is 221 Å². The number of hydrogen-bond acceptors (Lipinski definition) is 9. The van der Waals surface area contributed by atoms with Crippen LogP contribution in [0.5, 0.6) is 34.5 Å². The maximum Gasteiger partial charge on any atom is 0.255 e. The van der Waals surface area contributed by atoms with Crippen molar-refractivity contribution in [2.45, 2.75) is 6.61 Å². The van der Waals surface area contributed by atoms with E-state index in [2.05, 4.69) is 10.0 Å². The highest BCUT2D eigenvalue weighted by atomic mass is 32.2. The number of ether oxygens (including phenoxy) is 6. The van der Waals surface area contributed by atoms with Crippen LogP contribution < -0.4 is 38.5 Å². The van der Waals surface area contributed by atoms with Gasteiger partial charge in [0.1, 0.15) is 23.9 Å². The van der Waals surface area contributed by atoms with Gasteiger partial charge in [-0.2, -0.15) is 0 Å². The fraction of sp³-hybridized carbons (Fsp3) is 0.269. The summed E-state index contributed by atoms with van der Waals surface area (Å²) in [5.41, 5.74) is 1.47. The number of anilines is 2. The molecular formula is C26H30N2O9S. The van der Waals surface area contributed by atoms with Crippen molar-refractivity contribution in [2.75, 3.05) is 51.8 Å². The van der Waals surface area contributed by atoms with E-state index in [4.69, 9.17) is 28.4 Å². The maximum absolute atomic E-state index is 13.1. The number of benzene rings is 3. The Bertz CT molecular complexity index is 1380. The van der Waals surface area contributed by atoms with Crippen LogP contribution in [-0.4, -0.2) is 56.1 Å². The quantitative estimate of drug-likeness (QED) is 0.347. The molecule has 11 nitrogen and oxygen atoms in total. The van der Waals surface area contributed by atoms with Crippen LogP contribution in [0.1, 0.15) is 15.9 Å². The summed E-state index contributed by atoms with van der Waals surface area (Å²) in [5, 5.41) is 2.77. The second-order valence-corrected chi connectivity index (χ2v) is 9.67.